The molecular weight excluding hydrogens is 240 g/mol. The topological polar surface area (TPSA) is 106 Å². The summed E-state index contributed by atoms with van der Waals surface area (Å²) in [5, 5.41) is 0. The number of nitrogens with two attached hydrogens (primary N) is 3. The Balaban J connectivity index is 3.93. The SMILES string of the molecule is CCCCN(CCCC)CCCN=C(N)N=C(N)N. The van der Waals surface area contributed by atoms with Crippen molar-refractivity contribution in [2.24, 2.45) is 27.2 Å². The molecule has 0 fully saturated rings. The van der Waals surface area contributed by atoms with Crippen LogP contribution in [0, 0.1) is 0 Å². The quantitative estimate of drug-likeness (QED) is 0.311. The van der Waals surface area contributed by atoms with E-state index in [2.05, 4.69) is 28.7 Å². The molecule has 112 valence electrons. The highest BCUT2D eigenvalue weighted by Gasteiger charge is 2.03. The fourth-order valence-corrected chi connectivity index (χ4v) is 1.75. The molecule has 6 N–H and O–H groups in total. The van der Waals surface area contributed by atoms with Crippen LogP contribution >= 0.6 is 0 Å². The summed E-state index contributed by atoms with van der Waals surface area (Å²) in [6.07, 6.45) is 5.96. The lowest BCUT2D eigenvalue weighted by atomic mass is 10.2. The number of unbranched alkanes of at least 4 members (excludes halogenated alkanes) is 2. The van der Waals surface area contributed by atoms with Gasteiger partial charge in [0.25, 0.3) is 0 Å². The van der Waals surface area contributed by atoms with E-state index in [1.54, 1.807) is 0 Å². The highest BCUT2D eigenvalue weighted by atomic mass is 15.1. The minimum absolute atomic E-state index is 0.0474. The molecule has 0 radical (unpaired) electrons. The lowest BCUT2D eigenvalue weighted by molar-refractivity contribution is 0.263. The van der Waals surface area contributed by atoms with Crippen molar-refractivity contribution in [3.8, 4) is 0 Å². The van der Waals surface area contributed by atoms with Crippen LogP contribution in [0.15, 0.2) is 9.98 Å². The van der Waals surface area contributed by atoms with E-state index in [0.717, 1.165) is 13.0 Å². The van der Waals surface area contributed by atoms with Gasteiger partial charge in [0.1, 0.15) is 0 Å². The smallest absolute Gasteiger partial charge is 0.218 e. The zero-order valence-electron chi connectivity index (χ0n) is 12.4. The molecule has 0 amide bonds. The van der Waals surface area contributed by atoms with Crippen molar-refractivity contribution >= 4 is 11.9 Å². The zero-order valence-corrected chi connectivity index (χ0v) is 12.4. The summed E-state index contributed by atoms with van der Waals surface area (Å²) in [6.45, 7) is 8.50. The predicted molar refractivity (Wildman–Crippen MR) is 83.2 cm³/mol. The van der Waals surface area contributed by atoms with Gasteiger partial charge >= 0.3 is 0 Å². The molecule has 0 aliphatic carbocycles. The molecule has 0 unspecified atom stereocenters. The number of aliphatic imine (C=N–C) groups is 2. The number of nitrogens with zero attached hydrogens (tertiary/aromatic N) is 3. The van der Waals surface area contributed by atoms with E-state index in [9.17, 15) is 0 Å². The molecule has 0 aromatic carbocycles. The fourth-order valence-electron chi connectivity index (χ4n) is 1.75. The van der Waals surface area contributed by atoms with Crippen molar-refractivity contribution in [1.29, 1.82) is 0 Å². The van der Waals surface area contributed by atoms with Crippen LogP contribution in [-0.2, 0) is 0 Å². The summed E-state index contributed by atoms with van der Waals surface area (Å²) in [5.41, 5.74) is 16.0. The van der Waals surface area contributed by atoms with Gasteiger partial charge in [-0.2, -0.15) is 4.99 Å². The zero-order chi connectivity index (χ0) is 14.5. The molecule has 6 nitrogen and oxygen atoms in total. The van der Waals surface area contributed by atoms with Gasteiger partial charge in [0.05, 0.1) is 0 Å². The van der Waals surface area contributed by atoms with Crippen LogP contribution in [0.2, 0.25) is 0 Å². The standard InChI is InChI=1S/C13H30N6/c1-3-5-9-19(10-6-4-2)11-7-8-17-13(16)18-12(14)15/h3-11H2,1-2H3,(H6,14,15,16,17,18). The van der Waals surface area contributed by atoms with Gasteiger partial charge < -0.3 is 22.1 Å². The second kappa shape index (κ2) is 11.8. The van der Waals surface area contributed by atoms with E-state index in [1.165, 1.54) is 38.8 Å². The fraction of sp³-hybridized carbons (Fsp3) is 0.846. The highest BCUT2D eigenvalue weighted by molar-refractivity contribution is 5.92. The van der Waals surface area contributed by atoms with Gasteiger partial charge in [-0.3, -0.25) is 4.99 Å². The molecule has 0 saturated heterocycles. The lowest BCUT2D eigenvalue weighted by Gasteiger charge is -2.21. The first kappa shape index (κ1) is 17.7. The molecule has 0 rings (SSSR count). The van der Waals surface area contributed by atoms with Crippen LogP contribution in [0.3, 0.4) is 0 Å². The van der Waals surface area contributed by atoms with Gasteiger partial charge in [-0.05, 0) is 38.9 Å². The van der Waals surface area contributed by atoms with Crippen molar-refractivity contribution in [1.82, 2.24) is 4.90 Å². The maximum absolute atomic E-state index is 5.54. The van der Waals surface area contributed by atoms with E-state index < -0.39 is 0 Å². The Hall–Kier alpha value is -1.30. The van der Waals surface area contributed by atoms with Crippen molar-refractivity contribution in [2.45, 2.75) is 46.0 Å². The predicted octanol–water partition coefficient (Wildman–Crippen LogP) is 0.867. The normalized spacial score (nSPS) is 11.8. The molecule has 0 aromatic rings. The third-order valence-corrected chi connectivity index (χ3v) is 2.81. The van der Waals surface area contributed by atoms with Crippen molar-refractivity contribution in [3.63, 3.8) is 0 Å². The maximum atomic E-state index is 5.54. The van der Waals surface area contributed by atoms with Crippen LogP contribution in [-0.4, -0.2) is 43.0 Å². The van der Waals surface area contributed by atoms with Gasteiger partial charge in [0.15, 0.2) is 5.96 Å². The first-order chi connectivity index (χ1) is 9.10. The molecule has 0 aromatic heterocycles. The van der Waals surface area contributed by atoms with Crippen LogP contribution in [0.5, 0.6) is 0 Å². The number of hydrogen-bond acceptors (Lipinski definition) is 2. The molecule has 0 atom stereocenters. The summed E-state index contributed by atoms with van der Waals surface area (Å²) in [4.78, 5) is 10.3. The van der Waals surface area contributed by atoms with E-state index >= 15 is 0 Å². The average Bonchev–Trinajstić information content (AvgIpc) is 2.35. The lowest BCUT2D eigenvalue weighted by Crippen LogP contribution is -2.28. The molecule has 0 aliphatic heterocycles. The van der Waals surface area contributed by atoms with Crippen molar-refractivity contribution < 1.29 is 0 Å². The molecule has 0 spiro atoms. The molecule has 0 aliphatic rings. The summed E-state index contributed by atoms with van der Waals surface area (Å²) in [6, 6.07) is 0. The van der Waals surface area contributed by atoms with Gasteiger partial charge in [-0.25, -0.2) is 0 Å². The van der Waals surface area contributed by atoms with Crippen LogP contribution < -0.4 is 17.2 Å². The number of hydrogen-bond donors (Lipinski definition) is 3. The van der Waals surface area contributed by atoms with Crippen LogP contribution in [0.1, 0.15) is 46.0 Å². The van der Waals surface area contributed by atoms with Crippen LogP contribution in [0.4, 0.5) is 0 Å². The van der Waals surface area contributed by atoms with E-state index in [0.29, 0.717) is 6.54 Å². The number of rotatable bonds is 10. The molecule has 6 heteroatoms. The average molecular weight is 270 g/mol. The summed E-state index contributed by atoms with van der Waals surface area (Å²) < 4.78 is 0. The monoisotopic (exact) mass is 270 g/mol. The Morgan fingerprint density at radius 1 is 0.895 bits per heavy atom. The first-order valence-electron chi connectivity index (χ1n) is 7.22. The van der Waals surface area contributed by atoms with Gasteiger partial charge in [0, 0.05) is 6.54 Å². The minimum atomic E-state index is -0.0474. The van der Waals surface area contributed by atoms with Crippen molar-refractivity contribution in [3.05, 3.63) is 0 Å². The Morgan fingerprint density at radius 2 is 1.42 bits per heavy atom. The summed E-state index contributed by atoms with van der Waals surface area (Å²) >= 11 is 0. The molecule has 0 saturated carbocycles. The molecular formula is C13H30N6. The van der Waals surface area contributed by atoms with E-state index in [4.69, 9.17) is 17.2 Å². The third kappa shape index (κ3) is 11.5. The first-order valence-corrected chi connectivity index (χ1v) is 7.22. The molecule has 0 bridgehead atoms. The van der Waals surface area contributed by atoms with Gasteiger partial charge in [-0.15, -0.1) is 0 Å². The van der Waals surface area contributed by atoms with Gasteiger partial charge in [-0.1, -0.05) is 26.7 Å². The summed E-state index contributed by atoms with van der Waals surface area (Å²) in [5.74, 6) is 0.113. The minimum Gasteiger partial charge on any atom is -0.370 e. The number of guanidine groups is 2. The Morgan fingerprint density at radius 3 is 1.89 bits per heavy atom. The Bertz CT molecular complexity index is 262. The van der Waals surface area contributed by atoms with E-state index in [-0.39, 0.29) is 11.9 Å². The summed E-state index contributed by atoms with van der Waals surface area (Å²) in [7, 11) is 0. The van der Waals surface area contributed by atoms with Gasteiger partial charge in [0.2, 0.25) is 5.96 Å². The second-order valence-electron chi connectivity index (χ2n) is 4.68. The Kier molecular flexibility index (Phi) is 11.0. The van der Waals surface area contributed by atoms with Crippen molar-refractivity contribution in [2.75, 3.05) is 26.2 Å². The molecule has 19 heavy (non-hydrogen) atoms. The Labute approximate surface area is 117 Å². The largest absolute Gasteiger partial charge is 0.370 e. The second-order valence-corrected chi connectivity index (χ2v) is 4.68. The molecule has 0 heterocycles. The highest BCUT2D eigenvalue weighted by Crippen LogP contribution is 2.00. The maximum Gasteiger partial charge on any atom is 0.218 e. The third-order valence-electron chi connectivity index (χ3n) is 2.81. The van der Waals surface area contributed by atoms with E-state index in [1.807, 2.05) is 0 Å². The van der Waals surface area contributed by atoms with Crippen LogP contribution in [0.25, 0.3) is 0 Å².